The predicted octanol–water partition coefficient (Wildman–Crippen LogP) is 3.72. The maximum absolute atomic E-state index is 12.7. The van der Waals surface area contributed by atoms with E-state index in [1.54, 1.807) is 24.3 Å². The molecule has 2 aromatic rings. The van der Waals surface area contributed by atoms with Crippen molar-refractivity contribution in [2.24, 2.45) is 5.92 Å². The molecule has 1 aliphatic rings. The van der Waals surface area contributed by atoms with Crippen molar-refractivity contribution in [2.75, 3.05) is 18.4 Å². The molecule has 0 spiro atoms. The van der Waals surface area contributed by atoms with E-state index >= 15 is 0 Å². The first-order chi connectivity index (χ1) is 12.9. The number of non-ortho nitro benzene ring substituents is 1. The Morgan fingerprint density at radius 1 is 1.07 bits per heavy atom. The Hall–Kier alpha value is -3.22. The van der Waals surface area contributed by atoms with E-state index in [1.165, 1.54) is 24.3 Å². The summed E-state index contributed by atoms with van der Waals surface area (Å²) in [5, 5.41) is 13.6. The molecule has 1 fully saturated rings. The number of piperidine rings is 1. The highest BCUT2D eigenvalue weighted by Gasteiger charge is 2.21. The molecule has 140 valence electrons. The van der Waals surface area contributed by atoms with Gasteiger partial charge in [0.15, 0.2) is 0 Å². The average Bonchev–Trinajstić information content (AvgIpc) is 2.68. The molecule has 2 aromatic carbocycles. The van der Waals surface area contributed by atoms with Gasteiger partial charge in [-0.1, -0.05) is 19.1 Å². The first-order valence-corrected chi connectivity index (χ1v) is 8.89. The number of rotatable bonds is 4. The van der Waals surface area contributed by atoms with E-state index in [0.717, 1.165) is 25.9 Å². The molecule has 0 aromatic heterocycles. The van der Waals surface area contributed by atoms with E-state index in [1.807, 2.05) is 4.90 Å². The zero-order valence-electron chi connectivity index (χ0n) is 15.1. The number of carbonyl (C=O) groups excluding carboxylic acids is 2. The third kappa shape index (κ3) is 4.49. The molecule has 1 saturated heterocycles. The Bertz CT molecular complexity index is 873. The van der Waals surface area contributed by atoms with E-state index in [2.05, 4.69) is 12.2 Å². The molecule has 0 aliphatic carbocycles. The van der Waals surface area contributed by atoms with E-state index in [4.69, 9.17) is 0 Å². The lowest BCUT2D eigenvalue weighted by molar-refractivity contribution is -0.384. The summed E-state index contributed by atoms with van der Waals surface area (Å²) in [6.45, 7) is 3.67. The summed E-state index contributed by atoms with van der Waals surface area (Å²) in [5.41, 5.74) is 1.03. The number of nitrogens with one attached hydrogen (secondary N) is 1. The molecule has 1 heterocycles. The van der Waals surface area contributed by atoms with Crippen LogP contribution in [0, 0.1) is 16.0 Å². The minimum atomic E-state index is -0.546. The predicted molar refractivity (Wildman–Crippen MR) is 102 cm³/mol. The molecule has 1 N–H and O–H groups in total. The lowest BCUT2D eigenvalue weighted by Crippen LogP contribution is -2.37. The van der Waals surface area contributed by atoms with Crippen LogP contribution in [0.5, 0.6) is 0 Å². The fourth-order valence-corrected chi connectivity index (χ4v) is 3.09. The van der Waals surface area contributed by atoms with Gasteiger partial charge in [0.25, 0.3) is 17.5 Å². The summed E-state index contributed by atoms with van der Waals surface area (Å²) in [5.74, 6) is 0.123. The van der Waals surface area contributed by atoms with Crippen LogP contribution in [0.4, 0.5) is 11.4 Å². The lowest BCUT2D eigenvalue weighted by Gasteiger charge is -2.30. The number of amides is 2. The van der Waals surface area contributed by atoms with Crippen LogP contribution in [0.15, 0.2) is 48.5 Å². The van der Waals surface area contributed by atoms with Crippen molar-refractivity contribution in [1.82, 2.24) is 4.90 Å². The molecule has 0 radical (unpaired) electrons. The quantitative estimate of drug-likeness (QED) is 0.658. The van der Waals surface area contributed by atoms with Gasteiger partial charge in [-0.25, -0.2) is 0 Å². The first kappa shape index (κ1) is 18.6. The van der Waals surface area contributed by atoms with Gasteiger partial charge in [0, 0.05) is 42.0 Å². The third-order valence-corrected chi connectivity index (χ3v) is 4.76. The van der Waals surface area contributed by atoms with Crippen LogP contribution >= 0.6 is 0 Å². The Labute approximate surface area is 157 Å². The summed E-state index contributed by atoms with van der Waals surface area (Å²) >= 11 is 0. The molecule has 0 saturated carbocycles. The van der Waals surface area contributed by atoms with Crippen molar-refractivity contribution in [2.45, 2.75) is 19.8 Å². The number of likely N-dealkylation sites (tertiary alicyclic amines) is 1. The highest BCUT2D eigenvalue weighted by atomic mass is 16.6. The second-order valence-corrected chi connectivity index (χ2v) is 6.82. The molecule has 0 bridgehead atoms. The molecule has 27 heavy (non-hydrogen) atoms. The number of nitro benzene ring substituents is 1. The minimum Gasteiger partial charge on any atom is -0.339 e. The zero-order chi connectivity index (χ0) is 19.4. The van der Waals surface area contributed by atoms with E-state index in [-0.39, 0.29) is 17.2 Å². The standard InChI is InChI=1S/C20H21N3O4/c1-14-8-10-22(11-9-14)20(25)16-5-2-6-17(12-16)21-19(24)15-4-3-7-18(13-15)23(26)27/h2-7,12-14H,8-11H2,1H3,(H,21,24). The van der Waals surface area contributed by atoms with Crippen molar-refractivity contribution >= 4 is 23.2 Å². The molecule has 7 heteroatoms. The van der Waals surface area contributed by atoms with Crippen molar-refractivity contribution < 1.29 is 14.5 Å². The normalized spacial score (nSPS) is 14.6. The SMILES string of the molecule is CC1CCN(C(=O)c2cccc(NC(=O)c3cccc([N+](=O)[O-])c3)c2)CC1. The number of anilines is 1. The summed E-state index contributed by atoms with van der Waals surface area (Å²) in [6.07, 6.45) is 1.99. The number of benzene rings is 2. The monoisotopic (exact) mass is 367 g/mol. The van der Waals surface area contributed by atoms with Crippen LogP contribution in [0.3, 0.4) is 0 Å². The van der Waals surface area contributed by atoms with Crippen LogP contribution in [-0.4, -0.2) is 34.7 Å². The summed E-state index contributed by atoms with van der Waals surface area (Å²) < 4.78 is 0. The Balaban J connectivity index is 1.72. The molecule has 7 nitrogen and oxygen atoms in total. The molecule has 2 amide bonds. The van der Waals surface area contributed by atoms with Gasteiger partial charge in [0.1, 0.15) is 0 Å². The zero-order valence-corrected chi connectivity index (χ0v) is 15.1. The van der Waals surface area contributed by atoms with Crippen LogP contribution in [0.25, 0.3) is 0 Å². The van der Waals surface area contributed by atoms with Crippen molar-refractivity contribution in [3.63, 3.8) is 0 Å². The van der Waals surface area contributed by atoms with E-state index in [9.17, 15) is 19.7 Å². The van der Waals surface area contributed by atoms with Crippen molar-refractivity contribution in [3.05, 3.63) is 69.8 Å². The Kier molecular flexibility index (Phi) is 5.49. The van der Waals surface area contributed by atoms with Gasteiger partial charge in [0.2, 0.25) is 0 Å². The minimum absolute atomic E-state index is 0.0478. The maximum Gasteiger partial charge on any atom is 0.270 e. The number of hydrogen-bond donors (Lipinski definition) is 1. The summed E-state index contributed by atoms with van der Waals surface area (Å²) in [4.78, 5) is 37.2. The number of nitro groups is 1. The van der Waals surface area contributed by atoms with Gasteiger partial charge in [-0.15, -0.1) is 0 Å². The second-order valence-electron chi connectivity index (χ2n) is 6.82. The van der Waals surface area contributed by atoms with Gasteiger partial charge in [-0.2, -0.15) is 0 Å². The lowest BCUT2D eigenvalue weighted by atomic mass is 9.98. The van der Waals surface area contributed by atoms with Crippen molar-refractivity contribution in [3.8, 4) is 0 Å². The largest absolute Gasteiger partial charge is 0.339 e. The van der Waals surface area contributed by atoms with E-state index in [0.29, 0.717) is 17.2 Å². The maximum atomic E-state index is 12.7. The Morgan fingerprint density at radius 3 is 2.44 bits per heavy atom. The van der Waals surface area contributed by atoms with Gasteiger partial charge < -0.3 is 10.2 Å². The molecule has 0 atom stereocenters. The Morgan fingerprint density at radius 2 is 1.74 bits per heavy atom. The number of carbonyl (C=O) groups is 2. The van der Waals surface area contributed by atoms with Gasteiger partial charge >= 0.3 is 0 Å². The van der Waals surface area contributed by atoms with Gasteiger partial charge in [0.05, 0.1) is 4.92 Å². The first-order valence-electron chi connectivity index (χ1n) is 8.89. The number of hydrogen-bond acceptors (Lipinski definition) is 4. The number of nitrogens with zero attached hydrogens (tertiary/aromatic N) is 2. The second kappa shape index (κ2) is 7.99. The van der Waals surface area contributed by atoms with Crippen LogP contribution in [0.1, 0.15) is 40.5 Å². The molecule has 1 aliphatic heterocycles. The fraction of sp³-hybridized carbons (Fsp3) is 0.300. The third-order valence-electron chi connectivity index (χ3n) is 4.76. The molecular formula is C20H21N3O4. The van der Waals surface area contributed by atoms with Gasteiger partial charge in [-0.05, 0) is 43.0 Å². The van der Waals surface area contributed by atoms with Crippen molar-refractivity contribution in [1.29, 1.82) is 0 Å². The van der Waals surface area contributed by atoms with Gasteiger partial charge in [-0.3, -0.25) is 19.7 Å². The summed E-state index contributed by atoms with van der Waals surface area (Å²) in [7, 11) is 0. The average molecular weight is 367 g/mol. The highest BCUT2D eigenvalue weighted by molar-refractivity contribution is 6.05. The van der Waals surface area contributed by atoms with Crippen LogP contribution in [0.2, 0.25) is 0 Å². The molecular weight excluding hydrogens is 346 g/mol. The van der Waals surface area contributed by atoms with E-state index < -0.39 is 10.8 Å². The molecule has 3 rings (SSSR count). The topological polar surface area (TPSA) is 92.6 Å². The smallest absolute Gasteiger partial charge is 0.270 e. The fourth-order valence-electron chi connectivity index (χ4n) is 3.09. The highest BCUT2D eigenvalue weighted by Crippen LogP contribution is 2.20. The summed E-state index contributed by atoms with van der Waals surface area (Å²) in [6, 6.07) is 12.3. The van der Waals surface area contributed by atoms with Crippen LogP contribution < -0.4 is 5.32 Å². The molecule has 0 unspecified atom stereocenters. The van der Waals surface area contributed by atoms with Crippen LogP contribution in [-0.2, 0) is 0 Å².